The first-order valence-electron chi connectivity index (χ1n) is 5.30. The molecule has 1 unspecified atom stereocenters. The minimum absolute atomic E-state index is 0.0689. The number of hydrogen-bond donors (Lipinski definition) is 1. The standard InChI is InChI=1S/C13H13BrFNO/c1-8-7-9(3-4-10(8)15)13(16-2)11-5-6-12(14)17-11/h3-7,13,16H,1-2H3. The third-order valence-corrected chi connectivity index (χ3v) is 3.11. The van der Waals surface area contributed by atoms with Crippen LogP contribution in [0.25, 0.3) is 0 Å². The number of benzene rings is 1. The van der Waals surface area contributed by atoms with E-state index < -0.39 is 0 Å². The lowest BCUT2D eigenvalue weighted by Crippen LogP contribution is -2.17. The van der Waals surface area contributed by atoms with E-state index in [0.717, 1.165) is 11.3 Å². The van der Waals surface area contributed by atoms with E-state index in [9.17, 15) is 4.39 Å². The molecule has 0 amide bonds. The maximum Gasteiger partial charge on any atom is 0.169 e. The molecule has 2 rings (SSSR count). The largest absolute Gasteiger partial charge is 0.452 e. The third-order valence-electron chi connectivity index (χ3n) is 2.68. The number of rotatable bonds is 3. The minimum Gasteiger partial charge on any atom is -0.452 e. The summed E-state index contributed by atoms with van der Waals surface area (Å²) in [5.74, 6) is 0.606. The van der Waals surface area contributed by atoms with Crippen molar-refractivity contribution in [3.63, 3.8) is 0 Å². The first-order valence-corrected chi connectivity index (χ1v) is 6.09. The van der Waals surface area contributed by atoms with Gasteiger partial charge in [-0.2, -0.15) is 0 Å². The molecule has 4 heteroatoms. The summed E-state index contributed by atoms with van der Waals surface area (Å²) >= 11 is 3.27. The highest BCUT2D eigenvalue weighted by Gasteiger charge is 2.16. The maximum absolute atomic E-state index is 13.2. The Morgan fingerprint density at radius 1 is 1.29 bits per heavy atom. The van der Waals surface area contributed by atoms with Crippen molar-refractivity contribution in [2.75, 3.05) is 7.05 Å². The van der Waals surface area contributed by atoms with Crippen molar-refractivity contribution in [1.29, 1.82) is 0 Å². The summed E-state index contributed by atoms with van der Waals surface area (Å²) < 4.78 is 19.4. The summed E-state index contributed by atoms with van der Waals surface area (Å²) in [5, 5.41) is 3.16. The Morgan fingerprint density at radius 3 is 2.59 bits per heavy atom. The molecule has 0 radical (unpaired) electrons. The predicted octanol–water partition coefficient (Wildman–Crippen LogP) is 3.80. The highest BCUT2D eigenvalue weighted by Crippen LogP contribution is 2.26. The summed E-state index contributed by atoms with van der Waals surface area (Å²) in [5.41, 5.74) is 1.61. The van der Waals surface area contributed by atoms with E-state index in [1.807, 2.05) is 25.2 Å². The Labute approximate surface area is 108 Å². The van der Waals surface area contributed by atoms with Gasteiger partial charge < -0.3 is 9.73 Å². The van der Waals surface area contributed by atoms with E-state index in [2.05, 4.69) is 21.2 Å². The van der Waals surface area contributed by atoms with Crippen LogP contribution >= 0.6 is 15.9 Å². The van der Waals surface area contributed by atoms with Crippen LogP contribution in [0, 0.1) is 12.7 Å². The van der Waals surface area contributed by atoms with Crippen molar-refractivity contribution in [3.05, 3.63) is 57.7 Å². The van der Waals surface area contributed by atoms with Crippen LogP contribution in [0.3, 0.4) is 0 Å². The van der Waals surface area contributed by atoms with Gasteiger partial charge in [0.15, 0.2) is 4.67 Å². The quantitative estimate of drug-likeness (QED) is 0.932. The lowest BCUT2D eigenvalue weighted by atomic mass is 10.0. The van der Waals surface area contributed by atoms with Gasteiger partial charge in [-0.05, 0) is 59.2 Å². The van der Waals surface area contributed by atoms with Gasteiger partial charge in [-0.3, -0.25) is 0 Å². The molecule has 0 saturated heterocycles. The summed E-state index contributed by atoms with van der Waals surface area (Å²) in [7, 11) is 1.85. The Morgan fingerprint density at radius 2 is 2.06 bits per heavy atom. The molecule has 0 saturated carbocycles. The molecule has 0 aliphatic rings. The molecular formula is C13H13BrFNO. The van der Waals surface area contributed by atoms with E-state index in [1.165, 1.54) is 6.07 Å². The topological polar surface area (TPSA) is 25.2 Å². The van der Waals surface area contributed by atoms with Crippen LogP contribution in [0.2, 0.25) is 0 Å². The van der Waals surface area contributed by atoms with Gasteiger partial charge in [0.05, 0.1) is 6.04 Å². The van der Waals surface area contributed by atoms with E-state index in [-0.39, 0.29) is 11.9 Å². The van der Waals surface area contributed by atoms with Gasteiger partial charge in [0.1, 0.15) is 11.6 Å². The van der Waals surface area contributed by atoms with Crippen molar-refractivity contribution >= 4 is 15.9 Å². The van der Waals surface area contributed by atoms with E-state index >= 15 is 0 Å². The predicted molar refractivity (Wildman–Crippen MR) is 68.4 cm³/mol. The highest BCUT2D eigenvalue weighted by atomic mass is 79.9. The van der Waals surface area contributed by atoms with Crippen LogP contribution in [-0.4, -0.2) is 7.05 Å². The smallest absolute Gasteiger partial charge is 0.169 e. The van der Waals surface area contributed by atoms with E-state index in [4.69, 9.17) is 4.42 Å². The zero-order chi connectivity index (χ0) is 12.4. The highest BCUT2D eigenvalue weighted by molar-refractivity contribution is 9.10. The molecule has 0 spiro atoms. The van der Waals surface area contributed by atoms with Crippen LogP contribution < -0.4 is 5.32 Å². The second-order valence-corrected chi connectivity index (χ2v) is 4.65. The molecule has 1 aromatic heterocycles. The Balaban J connectivity index is 2.38. The van der Waals surface area contributed by atoms with Crippen molar-refractivity contribution in [3.8, 4) is 0 Å². The molecule has 1 heterocycles. The molecule has 1 atom stereocenters. The number of aryl methyl sites for hydroxylation is 1. The Kier molecular flexibility index (Phi) is 3.64. The Bertz CT molecular complexity index is 524. The molecule has 2 nitrogen and oxygen atoms in total. The molecule has 0 aliphatic heterocycles. The molecule has 0 bridgehead atoms. The second kappa shape index (κ2) is 5.02. The van der Waals surface area contributed by atoms with Gasteiger partial charge >= 0.3 is 0 Å². The van der Waals surface area contributed by atoms with Gasteiger partial charge in [0, 0.05) is 0 Å². The number of halogens is 2. The normalized spacial score (nSPS) is 12.7. The van der Waals surface area contributed by atoms with Crippen molar-refractivity contribution in [1.82, 2.24) is 5.32 Å². The van der Waals surface area contributed by atoms with Crippen LogP contribution in [0.1, 0.15) is 22.9 Å². The molecule has 17 heavy (non-hydrogen) atoms. The zero-order valence-electron chi connectivity index (χ0n) is 9.63. The van der Waals surface area contributed by atoms with Crippen molar-refractivity contribution < 1.29 is 8.81 Å². The fraction of sp³-hybridized carbons (Fsp3) is 0.231. The average molecular weight is 298 g/mol. The van der Waals surface area contributed by atoms with E-state index in [0.29, 0.717) is 10.2 Å². The number of nitrogens with one attached hydrogen (secondary N) is 1. The van der Waals surface area contributed by atoms with Gasteiger partial charge in [0.2, 0.25) is 0 Å². The SMILES string of the molecule is CNC(c1ccc(F)c(C)c1)c1ccc(Br)o1. The average Bonchev–Trinajstić information content (AvgIpc) is 2.71. The first kappa shape index (κ1) is 12.3. The molecule has 0 aliphatic carbocycles. The lowest BCUT2D eigenvalue weighted by Gasteiger charge is -2.14. The molecule has 1 N–H and O–H groups in total. The summed E-state index contributed by atoms with van der Waals surface area (Å²) in [6, 6.07) is 8.74. The Hall–Kier alpha value is -1.13. The fourth-order valence-electron chi connectivity index (χ4n) is 1.80. The summed E-state index contributed by atoms with van der Waals surface area (Å²) in [6.07, 6.45) is 0. The molecule has 0 fully saturated rings. The summed E-state index contributed by atoms with van der Waals surface area (Å²) in [6.45, 7) is 1.75. The van der Waals surface area contributed by atoms with Crippen LogP contribution in [0.4, 0.5) is 4.39 Å². The van der Waals surface area contributed by atoms with Crippen molar-refractivity contribution in [2.24, 2.45) is 0 Å². The van der Waals surface area contributed by atoms with E-state index in [1.54, 1.807) is 13.0 Å². The van der Waals surface area contributed by atoms with Gasteiger partial charge in [-0.25, -0.2) is 4.39 Å². The van der Waals surface area contributed by atoms with Crippen LogP contribution in [-0.2, 0) is 0 Å². The zero-order valence-corrected chi connectivity index (χ0v) is 11.2. The third kappa shape index (κ3) is 2.58. The molecule has 90 valence electrons. The molecular weight excluding hydrogens is 285 g/mol. The van der Waals surface area contributed by atoms with Gasteiger partial charge in [-0.1, -0.05) is 12.1 Å². The van der Waals surface area contributed by atoms with Crippen LogP contribution in [0.5, 0.6) is 0 Å². The second-order valence-electron chi connectivity index (χ2n) is 3.87. The maximum atomic E-state index is 13.2. The fourth-order valence-corrected chi connectivity index (χ4v) is 2.12. The number of hydrogen-bond acceptors (Lipinski definition) is 2. The first-order chi connectivity index (χ1) is 8.11. The lowest BCUT2D eigenvalue weighted by molar-refractivity contribution is 0.446. The molecule has 2 aromatic rings. The number of furan rings is 1. The molecule has 1 aromatic carbocycles. The summed E-state index contributed by atoms with van der Waals surface area (Å²) in [4.78, 5) is 0. The van der Waals surface area contributed by atoms with Gasteiger partial charge in [-0.15, -0.1) is 0 Å². The van der Waals surface area contributed by atoms with Gasteiger partial charge in [0.25, 0.3) is 0 Å². The van der Waals surface area contributed by atoms with Crippen molar-refractivity contribution in [2.45, 2.75) is 13.0 Å². The van der Waals surface area contributed by atoms with Crippen LogP contribution in [0.15, 0.2) is 39.4 Å². The minimum atomic E-state index is -0.191. The monoisotopic (exact) mass is 297 g/mol.